The number of benzene rings is 2. The molecule has 5 heteroatoms. The third-order valence-corrected chi connectivity index (χ3v) is 3.10. The quantitative estimate of drug-likeness (QED) is 0.598. The molecule has 114 valence electrons. The Bertz CT molecular complexity index is 724. The van der Waals surface area contributed by atoms with Crippen LogP contribution in [0, 0.1) is 6.92 Å². The van der Waals surface area contributed by atoms with Gasteiger partial charge in [0.1, 0.15) is 0 Å². The maximum atomic E-state index is 11.9. The van der Waals surface area contributed by atoms with Gasteiger partial charge in [-0.15, -0.1) is 0 Å². The van der Waals surface area contributed by atoms with Crippen LogP contribution in [0.4, 0.5) is 11.4 Å². The van der Waals surface area contributed by atoms with Crippen molar-refractivity contribution in [2.45, 2.75) is 6.92 Å². The molecule has 0 radical (unpaired) electrons. The summed E-state index contributed by atoms with van der Waals surface area (Å²) in [7, 11) is 1.47. The number of phenols is 1. The molecule has 2 aromatic rings. The van der Waals surface area contributed by atoms with Crippen molar-refractivity contribution in [1.82, 2.24) is 0 Å². The predicted molar refractivity (Wildman–Crippen MR) is 87.9 cm³/mol. The smallest absolute Gasteiger partial charge is 0.248 e. The fraction of sp³-hybridized carbons (Fsp3) is 0.118. The van der Waals surface area contributed by atoms with Crippen LogP contribution in [0.2, 0.25) is 0 Å². The topological polar surface area (TPSA) is 84.6 Å². The first-order chi connectivity index (χ1) is 10.5. The van der Waals surface area contributed by atoms with Gasteiger partial charge in [0.2, 0.25) is 5.91 Å². The van der Waals surface area contributed by atoms with Crippen LogP contribution in [0.3, 0.4) is 0 Å². The molecule has 0 heterocycles. The number of hydrogen-bond acceptors (Lipinski definition) is 4. The van der Waals surface area contributed by atoms with Gasteiger partial charge in [-0.3, -0.25) is 4.79 Å². The molecule has 4 N–H and O–H groups in total. The fourth-order valence-electron chi connectivity index (χ4n) is 1.94. The number of methoxy groups -OCH3 is 1. The Morgan fingerprint density at radius 2 is 2.05 bits per heavy atom. The minimum absolute atomic E-state index is 0.0523. The summed E-state index contributed by atoms with van der Waals surface area (Å²) < 4.78 is 5.01. The zero-order valence-electron chi connectivity index (χ0n) is 12.5. The summed E-state index contributed by atoms with van der Waals surface area (Å²) in [6, 6.07) is 10.3. The molecule has 0 saturated carbocycles. The first-order valence-electron chi connectivity index (χ1n) is 6.72. The van der Waals surface area contributed by atoms with E-state index in [4.69, 9.17) is 10.5 Å². The monoisotopic (exact) mass is 298 g/mol. The second-order valence-electron chi connectivity index (χ2n) is 4.84. The number of carbonyl (C=O) groups is 1. The van der Waals surface area contributed by atoms with E-state index in [0.717, 1.165) is 11.1 Å². The molecule has 0 saturated heterocycles. The van der Waals surface area contributed by atoms with Gasteiger partial charge in [-0.2, -0.15) is 0 Å². The normalized spacial score (nSPS) is 10.6. The second kappa shape index (κ2) is 6.67. The number of aryl methyl sites for hydroxylation is 1. The lowest BCUT2D eigenvalue weighted by molar-refractivity contribution is -0.111. The molecule has 1 amide bonds. The van der Waals surface area contributed by atoms with Crippen LogP contribution in [0.1, 0.15) is 11.1 Å². The molecule has 0 atom stereocenters. The molecular weight excluding hydrogens is 280 g/mol. The van der Waals surface area contributed by atoms with Crippen molar-refractivity contribution < 1.29 is 14.6 Å². The maximum absolute atomic E-state index is 11.9. The standard InChI is InChI=1S/C17H18N2O3/c1-11-3-6-14(13(18)9-11)19-17(21)8-5-12-4-7-15(20)16(10-12)22-2/h3-10,20H,18H2,1-2H3,(H,19,21)/b8-5+. The van der Waals surface area contributed by atoms with Gasteiger partial charge < -0.3 is 20.9 Å². The van der Waals surface area contributed by atoms with E-state index >= 15 is 0 Å². The van der Waals surface area contributed by atoms with Crippen LogP contribution in [-0.4, -0.2) is 18.1 Å². The molecule has 0 aliphatic rings. The van der Waals surface area contributed by atoms with Gasteiger partial charge in [0, 0.05) is 6.08 Å². The van der Waals surface area contributed by atoms with Crippen molar-refractivity contribution in [3.8, 4) is 11.5 Å². The molecule has 2 aromatic carbocycles. The van der Waals surface area contributed by atoms with Gasteiger partial charge in [0.25, 0.3) is 0 Å². The first kappa shape index (κ1) is 15.4. The number of rotatable bonds is 4. The highest BCUT2D eigenvalue weighted by molar-refractivity contribution is 6.03. The third kappa shape index (κ3) is 3.79. The van der Waals surface area contributed by atoms with E-state index in [1.807, 2.05) is 13.0 Å². The average Bonchev–Trinajstić information content (AvgIpc) is 2.49. The van der Waals surface area contributed by atoms with Gasteiger partial charge in [-0.25, -0.2) is 0 Å². The lowest BCUT2D eigenvalue weighted by atomic mass is 10.1. The number of anilines is 2. The predicted octanol–water partition coefficient (Wildman–Crippen LogP) is 2.94. The largest absolute Gasteiger partial charge is 0.504 e. The lowest BCUT2D eigenvalue weighted by Gasteiger charge is -2.07. The van der Waals surface area contributed by atoms with Gasteiger partial charge in [-0.05, 0) is 48.4 Å². The van der Waals surface area contributed by atoms with Gasteiger partial charge >= 0.3 is 0 Å². The summed E-state index contributed by atoms with van der Waals surface area (Å²) in [4.78, 5) is 11.9. The summed E-state index contributed by atoms with van der Waals surface area (Å²) in [5.41, 5.74) is 8.71. The number of ether oxygens (including phenoxy) is 1. The Hall–Kier alpha value is -2.95. The second-order valence-corrected chi connectivity index (χ2v) is 4.84. The van der Waals surface area contributed by atoms with Crippen LogP contribution < -0.4 is 15.8 Å². The van der Waals surface area contributed by atoms with Crippen LogP contribution in [0.5, 0.6) is 11.5 Å². The van der Waals surface area contributed by atoms with E-state index in [1.54, 1.807) is 30.3 Å². The van der Waals surface area contributed by atoms with E-state index in [2.05, 4.69) is 5.32 Å². The van der Waals surface area contributed by atoms with Crippen LogP contribution in [0.25, 0.3) is 6.08 Å². The van der Waals surface area contributed by atoms with Crippen molar-refractivity contribution in [3.63, 3.8) is 0 Å². The first-order valence-corrected chi connectivity index (χ1v) is 6.72. The van der Waals surface area contributed by atoms with Gasteiger partial charge in [0.05, 0.1) is 18.5 Å². The number of nitrogens with one attached hydrogen (secondary N) is 1. The number of aromatic hydroxyl groups is 1. The Labute approximate surface area is 129 Å². The SMILES string of the molecule is COc1cc(/C=C/C(=O)Nc2ccc(C)cc2N)ccc1O. The van der Waals surface area contributed by atoms with Crippen molar-refractivity contribution in [2.75, 3.05) is 18.2 Å². The molecule has 5 nitrogen and oxygen atoms in total. The van der Waals surface area contributed by atoms with E-state index in [9.17, 15) is 9.90 Å². The van der Waals surface area contributed by atoms with Crippen LogP contribution >= 0.6 is 0 Å². The molecule has 0 fully saturated rings. The Morgan fingerprint density at radius 1 is 1.27 bits per heavy atom. The highest BCUT2D eigenvalue weighted by Gasteiger charge is 2.03. The van der Waals surface area contributed by atoms with E-state index in [1.165, 1.54) is 19.3 Å². The van der Waals surface area contributed by atoms with Crippen LogP contribution in [0.15, 0.2) is 42.5 Å². The highest BCUT2D eigenvalue weighted by atomic mass is 16.5. The van der Waals surface area contributed by atoms with Crippen LogP contribution in [-0.2, 0) is 4.79 Å². The minimum Gasteiger partial charge on any atom is -0.504 e. The summed E-state index contributed by atoms with van der Waals surface area (Å²) >= 11 is 0. The highest BCUT2D eigenvalue weighted by Crippen LogP contribution is 2.26. The molecule has 0 bridgehead atoms. The molecule has 0 aliphatic carbocycles. The van der Waals surface area contributed by atoms with Crippen molar-refractivity contribution in [1.29, 1.82) is 0 Å². The third-order valence-electron chi connectivity index (χ3n) is 3.10. The van der Waals surface area contributed by atoms with Gasteiger partial charge in [-0.1, -0.05) is 12.1 Å². The molecule has 0 spiro atoms. The Balaban J connectivity index is 2.08. The van der Waals surface area contributed by atoms with E-state index in [0.29, 0.717) is 17.1 Å². The zero-order chi connectivity index (χ0) is 16.1. The molecule has 22 heavy (non-hydrogen) atoms. The van der Waals surface area contributed by atoms with Gasteiger partial charge in [0.15, 0.2) is 11.5 Å². The fourth-order valence-corrected chi connectivity index (χ4v) is 1.94. The molecule has 0 unspecified atom stereocenters. The Morgan fingerprint density at radius 3 is 2.73 bits per heavy atom. The molecule has 0 aliphatic heterocycles. The zero-order valence-corrected chi connectivity index (χ0v) is 12.5. The minimum atomic E-state index is -0.289. The maximum Gasteiger partial charge on any atom is 0.248 e. The van der Waals surface area contributed by atoms with E-state index in [-0.39, 0.29) is 11.7 Å². The lowest BCUT2D eigenvalue weighted by Crippen LogP contribution is -2.09. The summed E-state index contributed by atoms with van der Waals surface area (Å²) in [5.74, 6) is 0.115. The average molecular weight is 298 g/mol. The summed E-state index contributed by atoms with van der Waals surface area (Å²) in [6.45, 7) is 1.93. The number of phenolic OH excluding ortho intramolecular Hbond substituents is 1. The molecule has 0 aromatic heterocycles. The summed E-state index contributed by atoms with van der Waals surface area (Å²) in [5, 5.41) is 12.2. The number of amides is 1. The van der Waals surface area contributed by atoms with E-state index < -0.39 is 0 Å². The van der Waals surface area contributed by atoms with Crippen molar-refractivity contribution in [3.05, 3.63) is 53.6 Å². The number of nitrogen functional groups attached to an aromatic ring is 1. The summed E-state index contributed by atoms with van der Waals surface area (Å²) in [6.07, 6.45) is 3.02. The number of nitrogens with two attached hydrogens (primary N) is 1. The number of carbonyl (C=O) groups excluding carboxylic acids is 1. The van der Waals surface area contributed by atoms with Crippen molar-refractivity contribution >= 4 is 23.4 Å². The molecular formula is C17H18N2O3. The Kier molecular flexibility index (Phi) is 4.68. The number of hydrogen-bond donors (Lipinski definition) is 3. The molecule has 2 rings (SSSR count). The van der Waals surface area contributed by atoms with Crippen molar-refractivity contribution in [2.24, 2.45) is 0 Å².